The maximum atomic E-state index is 12.9. The van der Waals surface area contributed by atoms with Gasteiger partial charge in [0.25, 0.3) is 0 Å². The predicted molar refractivity (Wildman–Crippen MR) is 99.1 cm³/mol. The topological polar surface area (TPSA) is 26.3 Å². The maximum absolute atomic E-state index is 12.9. The van der Waals surface area contributed by atoms with Gasteiger partial charge in [0.05, 0.1) is 5.56 Å². The Morgan fingerprint density at radius 1 is 1.04 bits per heavy atom. The number of ether oxygens (including phenoxy) is 1. The number of rotatable bonds is 4. The monoisotopic (exact) mass is 336 g/mol. The molecule has 1 aromatic carbocycles. The standard InChI is InChI=1S/C23H28O2/c1-2-15-5-7-17(8-6-15)22(24)25-23(9-3-4-10-23)21-19-12-16-11-18(14-19)20(21)13-16/h2,5-8,16,18-21H,1,3-4,9-14H2. The molecule has 4 bridgehead atoms. The Hall–Kier alpha value is -1.57. The van der Waals surface area contributed by atoms with Crippen LogP contribution >= 0.6 is 0 Å². The van der Waals surface area contributed by atoms with Gasteiger partial charge >= 0.3 is 5.97 Å². The highest BCUT2D eigenvalue weighted by molar-refractivity contribution is 5.90. The second-order valence-electron chi connectivity index (χ2n) is 9.01. The Morgan fingerprint density at radius 3 is 2.44 bits per heavy atom. The van der Waals surface area contributed by atoms with Crippen molar-refractivity contribution in [2.24, 2.45) is 29.6 Å². The van der Waals surface area contributed by atoms with Crippen LogP contribution in [0.2, 0.25) is 0 Å². The quantitative estimate of drug-likeness (QED) is 0.680. The summed E-state index contributed by atoms with van der Waals surface area (Å²) in [7, 11) is 0. The summed E-state index contributed by atoms with van der Waals surface area (Å²) in [5.74, 6) is 4.07. The van der Waals surface area contributed by atoms with Crippen LogP contribution in [0.15, 0.2) is 30.8 Å². The van der Waals surface area contributed by atoms with E-state index in [1.807, 2.05) is 24.3 Å². The number of carbonyl (C=O) groups is 1. The zero-order chi connectivity index (χ0) is 17.0. The normalized spacial score (nSPS) is 37.4. The highest BCUT2D eigenvalue weighted by Gasteiger charge is 2.61. The maximum Gasteiger partial charge on any atom is 0.338 e. The first kappa shape index (κ1) is 15.7. The van der Waals surface area contributed by atoms with Crippen LogP contribution in [0.4, 0.5) is 0 Å². The van der Waals surface area contributed by atoms with Gasteiger partial charge in [0.1, 0.15) is 5.60 Å². The molecule has 0 amide bonds. The minimum absolute atomic E-state index is 0.116. The van der Waals surface area contributed by atoms with Crippen molar-refractivity contribution in [2.75, 3.05) is 0 Å². The summed E-state index contributed by atoms with van der Waals surface area (Å²) in [6, 6.07) is 7.66. The molecule has 25 heavy (non-hydrogen) atoms. The van der Waals surface area contributed by atoms with E-state index >= 15 is 0 Å². The minimum atomic E-state index is -0.173. The summed E-state index contributed by atoms with van der Waals surface area (Å²) in [5.41, 5.74) is 1.55. The van der Waals surface area contributed by atoms with Gasteiger partial charge in [-0.2, -0.15) is 0 Å². The van der Waals surface area contributed by atoms with Gasteiger partial charge in [-0.1, -0.05) is 24.8 Å². The molecule has 0 saturated heterocycles. The van der Waals surface area contributed by atoms with Gasteiger partial charge in [0, 0.05) is 5.92 Å². The zero-order valence-corrected chi connectivity index (χ0v) is 15.0. The van der Waals surface area contributed by atoms with Crippen molar-refractivity contribution in [2.45, 2.75) is 57.0 Å². The number of esters is 1. The Bertz CT molecular complexity index is 679. The lowest BCUT2D eigenvalue weighted by Gasteiger charge is -2.44. The molecule has 0 N–H and O–H groups in total. The average molecular weight is 336 g/mol. The van der Waals surface area contributed by atoms with Crippen LogP contribution in [-0.4, -0.2) is 11.6 Å². The number of hydrogen-bond acceptors (Lipinski definition) is 2. The summed E-state index contributed by atoms with van der Waals surface area (Å²) < 4.78 is 6.38. The van der Waals surface area contributed by atoms with Crippen LogP contribution in [-0.2, 0) is 4.74 Å². The van der Waals surface area contributed by atoms with E-state index in [1.54, 1.807) is 6.08 Å². The second-order valence-corrected chi connectivity index (χ2v) is 9.01. The van der Waals surface area contributed by atoms with Gasteiger partial charge in [-0.05, 0) is 92.7 Å². The van der Waals surface area contributed by atoms with Crippen molar-refractivity contribution in [3.05, 3.63) is 42.0 Å². The van der Waals surface area contributed by atoms with Crippen molar-refractivity contribution < 1.29 is 9.53 Å². The van der Waals surface area contributed by atoms with Crippen molar-refractivity contribution >= 4 is 12.0 Å². The van der Waals surface area contributed by atoms with Crippen LogP contribution < -0.4 is 0 Å². The van der Waals surface area contributed by atoms with E-state index in [9.17, 15) is 4.79 Å². The van der Waals surface area contributed by atoms with Crippen LogP contribution in [0.25, 0.3) is 6.08 Å². The Kier molecular flexibility index (Phi) is 3.59. The molecule has 0 aliphatic heterocycles. The van der Waals surface area contributed by atoms with Crippen molar-refractivity contribution in [1.29, 1.82) is 0 Å². The van der Waals surface area contributed by atoms with Crippen molar-refractivity contribution in [1.82, 2.24) is 0 Å². The molecule has 1 aromatic rings. The lowest BCUT2D eigenvalue weighted by molar-refractivity contribution is -0.0794. The second kappa shape index (κ2) is 5.72. The van der Waals surface area contributed by atoms with Gasteiger partial charge in [-0.25, -0.2) is 4.79 Å². The van der Waals surface area contributed by atoms with Gasteiger partial charge in [-0.15, -0.1) is 0 Å². The molecule has 0 spiro atoms. The summed E-state index contributed by atoms with van der Waals surface area (Å²) in [5, 5.41) is 0. The molecule has 6 rings (SSSR count). The number of carbonyl (C=O) groups excluding carboxylic acids is 1. The highest BCUT2D eigenvalue weighted by atomic mass is 16.6. The summed E-state index contributed by atoms with van der Waals surface area (Å²) in [6.45, 7) is 3.78. The molecule has 132 valence electrons. The van der Waals surface area contributed by atoms with E-state index in [0.29, 0.717) is 11.5 Å². The molecule has 0 radical (unpaired) electrons. The molecule has 5 atom stereocenters. The smallest absolute Gasteiger partial charge is 0.338 e. The molecule has 2 heteroatoms. The van der Waals surface area contributed by atoms with E-state index < -0.39 is 0 Å². The van der Waals surface area contributed by atoms with Gasteiger partial charge in [0.2, 0.25) is 0 Å². The first-order valence-corrected chi connectivity index (χ1v) is 10.1. The molecule has 0 heterocycles. The fourth-order valence-corrected chi connectivity index (χ4v) is 7.03. The molecule has 5 fully saturated rings. The van der Waals surface area contributed by atoms with Crippen LogP contribution in [0.5, 0.6) is 0 Å². The first-order chi connectivity index (χ1) is 12.2. The van der Waals surface area contributed by atoms with E-state index in [2.05, 4.69) is 6.58 Å². The van der Waals surface area contributed by atoms with Gasteiger partial charge in [0.15, 0.2) is 0 Å². The van der Waals surface area contributed by atoms with E-state index in [-0.39, 0.29) is 11.6 Å². The Morgan fingerprint density at radius 2 is 1.76 bits per heavy atom. The Labute approximate surface area is 150 Å². The lowest BCUT2D eigenvalue weighted by atomic mass is 9.67. The van der Waals surface area contributed by atoms with Crippen LogP contribution in [0, 0.1) is 29.6 Å². The van der Waals surface area contributed by atoms with Gasteiger partial charge < -0.3 is 4.74 Å². The molecule has 5 unspecified atom stereocenters. The third kappa shape index (κ3) is 2.40. The van der Waals surface area contributed by atoms with E-state index in [0.717, 1.165) is 42.1 Å². The molecule has 5 aliphatic rings. The highest BCUT2D eigenvalue weighted by Crippen LogP contribution is 2.66. The van der Waals surface area contributed by atoms with Crippen LogP contribution in [0.1, 0.15) is 67.3 Å². The fraction of sp³-hybridized carbons (Fsp3) is 0.609. The minimum Gasteiger partial charge on any atom is -0.455 e. The largest absolute Gasteiger partial charge is 0.455 e. The molecular formula is C23H28O2. The lowest BCUT2D eigenvalue weighted by Crippen LogP contribution is -2.46. The van der Waals surface area contributed by atoms with Crippen LogP contribution in [0.3, 0.4) is 0 Å². The zero-order valence-electron chi connectivity index (χ0n) is 15.0. The summed E-state index contributed by atoms with van der Waals surface area (Å²) in [4.78, 5) is 12.9. The number of benzene rings is 1. The van der Waals surface area contributed by atoms with E-state index in [4.69, 9.17) is 4.74 Å². The van der Waals surface area contributed by atoms with Crippen molar-refractivity contribution in [3.63, 3.8) is 0 Å². The third-order valence-electron chi connectivity index (χ3n) is 7.79. The SMILES string of the molecule is C=Cc1ccc(C(=O)OC2(C3C4CC5CC(C4)C3C5)CCCC2)cc1. The molecule has 5 saturated carbocycles. The molecule has 5 aliphatic carbocycles. The van der Waals surface area contributed by atoms with E-state index in [1.165, 1.54) is 38.5 Å². The Balaban J connectivity index is 1.41. The predicted octanol–water partition coefficient (Wildman–Crippen LogP) is 5.48. The average Bonchev–Trinajstić information content (AvgIpc) is 3.27. The molecular weight excluding hydrogens is 308 g/mol. The molecule has 0 aromatic heterocycles. The number of hydrogen-bond donors (Lipinski definition) is 0. The first-order valence-electron chi connectivity index (χ1n) is 10.1. The van der Waals surface area contributed by atoms with Crippen molar-refractivity contribution in [3.8, 4) is 0 Å². The summed E-state index contributed by atoms with van der Waals surface area (Å²) in [6.07, 6.45) is 12.0. The summed E-state index contributed by atoms with van der Waals surface area (Å²) >= 11 is 0. The molecule has 2 nitrogen and oxygen atoms in total. The van der Waals surface area contributed by atoms with Gasteiger partial charge in [-0.3, -0.25) is 0 Å². The third-order valence-corrected chi connectivity index (χ3v) is 7.79. The fourth-order valence-electron chi connectivity index (χ4n) is 7.03.